The summed E-state index contributed by atoms with van der Waals surface area (Å²) >= 11 is 0. The van der Waals surface area contributed by atoms with Gasteiger partial charge < -0.3 is 14.4 Å². The lowest BCUT2D eigenvalue weighted by atomic mass is 9.89. The average Bonchev–Trinajstić information content (AvgIpc) is 2.25. The van der Waals surface area contributed by atoms with E-state index in [4.69, 9.17) is 0 Å². The van der Waals surface area contributed by atoms with Gasteiger partial charge in [0.05, 0.1) is 13.2 Å². The van der Waals surface area contributed by atoms with E-state index in [1.807, 2.05) is 0 Å². The second-order valence-corrected chi connectivity index (χ2v) is 3.90. The van der Waals surface area contributed by atoms with Gasteiger partial charge in [-0.2, -0.15) is 0 Å². The molecule has 16 heavy (non-hydrogen) atoms. The van der Waals surface area contributed by atoms with Crippen LogP contribution in [-0.2, 0) is 4.74 Å². The van der Waals surface area contributed by atoms with E-state index < -0.39 is 5.97 Å². The van der Waals surface area contributed by atoms with E-state index >= 15 is 0 Å². The maximum absolute atomic E-state index is 11.9. The molecule has 0 radical (unpaired) electrons. The molecule has 2 rings (SSSR count). The number of hydrogen-bond donors (Lipinski definition) is 1. The van der Waals surface area contributed by atoms with Gasteiger partial charge in [-0.3, -0.25) is 4.79 Å². The molecule has 1 aromatic rings. The van der Waals surface area contributed by atoms with Gasteiger partial charge in [0, 0.05) is 12.2 Å². The van der Waals surface area contributed by atoms with Crippen molar-refractivity contribution in [1.29, 1.82) is 0 Å². The van der Waals surface area contributed by atoms with Crippen LogP contribution in [0, 0.1) is 0 Å². The van der Waals surface area contributed by atoms with Crippen LogP contribution < -0.4 is 5.56 Å². The fourth-order valence-corrected chi connectivity index (χ4v) is 1.85. The minimum absolute atomic E-state index is 0.00731. The van der Waals surface area contributed by atoms with Crippen LogP contribution in [0.1, 0.15) is 29.2 Å². The zero-order valence-electron chi connectivity index (χ0n) is 8.92. The number of carbonyl (C=O) groups excluding carboxylic acids is 1. The number of hydrogen-bond acceptors (Lipinski definition) is 4. The van der Waals surface area contributed by atoms with E-state index in [0.29, 0.717) is 12.8 Å². The van der Waals surface area contributed by atoms with Crippen molar-refractivity contribution in [3.05, 3.63) is 34.2 Å². The van der Waals surface area contributed by atoms with Crippen molar-refractivity contribution in [1.82, 2.24) is 4.57 Å². The van der Waals surface area contributed by atoms with E-state index in [1.54, 1.807) is 12.3 Å². The lowest BCUT2D eigenvalue weighted by molar-refractivity contribution is 0.0465. The predicted molar refractivity (Wildman–Crippen MR) is 56.3 cm³/mol. The van der Waals surface area contributed by atoms with Crippen LogP contribution in [-0.4, -0.2) is 28.9 Å². The molecule has 86 valence electrons. The maximum atomic E-state index is 11.9. The van der Waals surface area contributed by atoms with Gasteiger partial charge in [0.15, 0.2) is 0 Å². The molecule has 5 heteroatoms. The van der Waals surface area contributed by atoms with Crippen molar-refractivity contribution in [2.75, 3.05) is 7.11 Å². The van der Waals surface area contributed by atoms with Gasteiger partial charge in [0.2, 0.25) is 0 Å². The van der Waals surface area contributed by atoms with Gasteiger partial charge >= 0.3 is 5.97 Å². The van der Waals surface area contributed by atoms with Crippen LogP contribution in [0.15, 0.2) is 23.1 Å². The highest BCUT2D eigenvalue weighted by Gasteiger charge is 2.30. The molecular weight excluding hydrogens is 210 g/mol. The number of esters is 1. The highest BCUT2D eigenvalue weighted by atomic mass is 16.5. The molecule has 0 amide bonds. The second-order valence-electron chi connectivity index (χ2n) is 3.90. The Morgan fingerprint density at radius 1 is 1.56 bits per heavy atom. The van der Waals surface area contributed by atoms with Crippen molar-refractivity contribution >= 4 is 5.97 Å². The highest BCUT2D eigenvalue weighted by Crippen LogP contribution is 2.30. The lowest BCUT2D eigenvalue weighted by Crippen LogP contribution is -2.38. The third-order valence-electron chi connectivity index (χ3n) is 2.86. The van der Waals surface area contributed by atoms with Crippen LogP contribution in [0.5, 0.6) is 0 Å². The molecule has 0 spiro atoms. The third kappa shape index (κ3) is 1.74. The molecule has 0 aliphatic heterocycles. The van der Waals surface area contributed by atoms with Gasteiger partial charge in [-0.1, -0.05) is 0 Å². The Bertz CT molecular complexity index is 459. The Hall–Kier alpha value is -1.62. The molecule has 0 bridgehead atoms. The number of nitrogens with zero attached hydrogens (tertiary/aromatic N) is 1. The molecule has 1 aliphatic rings. The number of aliphatic hydroxyl groups is 1. The number of aliphatic hydroxyl groups excluding tert-OH is 1. The van der Waals surface area contributed by atoms with Crippen LogP contribution >= 0.6 is 0 Å². The summed E-state index contributed by atoms with van der Waals surface area (Å²) in [6.07, 6.45) is 2.42. The Balaban J connectivity index is 2.34. The predicted octanol–water partition coefficient (Wildman–Crippen LogP) is 0.331. The fourth-order valence-electron chi connectivity index (χ4n) is 1.85. The minimum Gasteiger partial charge on any atom is -0.465 e. The van der Waals surface area contributed by atoms with Crippen LogP contribution in [0.2, 0.25) is 0 Å². The van der Waals surface area contributed by atoms with Gasteiger partial charge in [0.25, 0.3) is 5.56 Å². The zero-order chi connectivity index (χ0) is 11.7. The Kier molecular flexibility index (Phi) is 2.78. The molecular formula is C11H13NO4. The first-order valence-corrected chi connectivity index (χ1v) is 5.11. The summed E-state index contributed by atoms with van der Waals surface area (Å²) in [6.45, 7) is 0. The van der Waals surface area contributed by atoms with Crippen molar-refractivity contribution in [2.24, 2.45) is 0 Å². The van der Waals surface area contributed by atoms with Crippen LogP contribution in [0.3, 0.4) is 0 Å². The topological polar surface area (TPSA) is 68.5 Å². The third-order valence-corrected chi connectivity index (χ3v) is 2.86. The maximum Gasteiger partial charge on any atom is 0.343 e. The summed E-state index contributed by atoms with van der Waals surface area (Å²) in [5, 5.41) is 9.19. The first-order valence-electron chi connectivity index (χ1n) is 5.11. The summed E-state index contributed by atoms with van der Waals surface area (Å²) < 4.78 is 6.01. The first-order chi connectivity index (χ1) is 7.63. The summed E-state index contributed by atoms with van der Waals surface area (Å²) in [7, 11) is 1.24. The molecule has 1 aliphatic carbocycles. The molecule has 0 saturated heterocycles. The van der Waals surface area contributed by atoms with E-state index in [0.717, 1.165) is 0 Å². The largest absolute Gasteiger partial charge is 0.465 e. The molecule has 5 nitrogen and oxygen atoms in total. The van der Waals surface area contributed by atoms with Crippen molar-refractivity contribution in [2.45, 2.75) is 25.0 Å². The summed E-state index contributed by atoms with van der Waals surface area (Å²) in [4.78, 5) is 23.2. The van der Waals surface area contributed by atoms with Crippen molar-refractivity contribution < 1.29 is 14.6 Å². The van der Waals surface area contributed by atoms with Gasteiger partial charge in [-0.15, -0.1) is 0 Å². The van der Waals surface area contributed by atoms with Crippen LogP contribution in [0.25, 0.3) is 0 Å². The number of carbonyl (C=O) groups is 1. The Labute approximate surface area is 92.3 Å². The minimum atomic E-state index is -0.626. The smallest absolute Gasteiger partial charge is 0.343 e. The fraction of sp³-hybridized carbons (Fsp3) is 0.455. The van der Waals surface area contributed by atoms with E-state index in [9.17, 15) is 14.7 Å². The standard InChI is InChI=1S/C11H13NO4/c1-16-11(15)9-3-2-4-12(10(9)14)7-5-8(13)6-7/h2-4,7-8,13H,5-6H2,1H3. The van der Waals surface area contributed by atoms with Crippen LogP contribution in [0.4, 0.5) is 0 Å². The van der Waals surface area contributed by atoms with E-state index in [1.165, 1.54) is 17.7 Å². The number of rotatable bonds is 2. The van der Waals surface area contributed by atoms with Gasteiger partial charge in [0.1, 0.15) is 5.56 Å². The number of aromatic nitrogens is 1. The molecule has 0 atom stereocenters. The Morgan fingerprint density at radius 2 is 2.25 bits per heavy atom. The summed E-state index contributed by atoms with van der Waals surface area (Å²) in [5.74, 6) is -0.626. The molecule has 1 aromatic heterocycles. The molecule has 1 heterocycles. The zero-order valence-corrected chi connectivity index (χ0v) is 8.92. The summed E-state index contributed by atoms with van der Waals surface area (Å²) in [5.41, 5.74) is -0.322. The molecule has 1 fully saturated rings. The van der Waals surface area contributed by atoms with E-state index in [2.05, 4.69) is 4.74 Å². The van der Waals surface area contributed by atoms with E-state index in [-0.39, 0.29) is 23.3 Å². The summed E-state index contributed by atoms with van der Waals surface area (Å²) in [6, 6.07) is 3.07. The van der Waals surface area contributed by atoms with Crippen molar-refractivity contribution in [3.63, 3.8) is 0 Å². The first kappa shape index (κ1) is 10.9. The number of ether oxygens (including phenoxy) is 1. The highest BCUT2D eigenvalue weighted by molar-refractivity contribution is 5.88. The number of pyridine rings is 1. The quantitative estimate of drug-likeness (QED) is 0.734. The molecule has 1 saturated carbocycles. The number of methoxy groups -OCH3 is 1. The lowest BCUT2D eigenvalue weighted by Gasteiger charge is -2.32. The normalized spacial score (nSPS) is 23.6. The SMILES string of the molecule is COC(=O)c1cccn(C2CC(O)C2)c1=O. The van der Waals surface area contributed by atoms with Gasteiger partial charge in [-0.05, 0) is 25.0 Å². The molecule has 0 aromatic carbocycles. The second kappa shape index (κ2) is 4.09. The van der Waals surface area contributed by atoms with Gasteiger partial charge in [-0.25, -0.2) is 4.79 Å². The molecule has 1 N–H and O–H groups in total. The Morgan fingerprint density at radius 3 is 2.81 bits per heavy atom. The monoisotopic (exact) mass is 223 g/mol. The molecule has 0 unspecified atom stereocenters. The van der Waals surface area contributed by atoms with Crippen molar-refractivity contribution in [3.8, 4) is 0 Å². The average molecular weight is 223 g/mol.